The summed E-state index contributed by atoms with van der Waals surface area (Å²) in [4.78, 5) is 15.0. The number of hydrogen-bond donors (Lipinski definition) is 1. The third-order valence-corrected chi connectivity index (χ3v) is 4.63. The number of carbonyl (C=O) groups is 1. The van der Waals surface area contributed by atoms with E-state index in [1.54, 1.807) is 7.11 Å². The number of hydrogen-bond acceptors (Lipinski definition) is 3. The summed E-state index contributed by atoms with van der Waals surface area (Å²) in [5.74, 6) is 0.750. The van der Waals surface area contributed by atoms with Gasteiger partial charge < -0.3 is 15.0 Å². The lowest BCUT2D eigenvalue weighted by molar-refractivity contribution is -0.120. The summed E-state index contributed by atoms with van der Waals surface area (Å²) in [7, 11) is 1.63. The molecule has 2 aromatic carbocycles. The van der Waals surface area contributed by atoms with E-state index in [-0.39, 0.29) is 5.91 Å². The first-order valence-electron chi connectivity index (χ1n) is 8.73. The van der Waals surface area contributed by atoms with Crippen molar-refractivity contribution in [1.82, 2.24) is 0 Å². The monoisotopic (exact) mass is 340 g/mol. The van der Waals surface area contributed by atoms with E-state index in [0.717, 1.165) is 35.8 Å². The number of carbonyl (C=O) groups excluding carboxylic acids is 1. The predicted octanol–water partition coefficient (Wildman–Crippen LogP) is 4.46. The molecule has 0 aromatic heterocycles. The minimum atomic E-state index is -0.635. The van der Waals surface area contributed by atoms with E-state index in [4.69, 9.17) is 4.74 Å². The van der Waals surface area contributed by atoms with Gasteiger partial charge in [-0.3, -0.25) is 4.79 Å². The zero-order valence-corrected chi connectivity index (χ0v) is 15.8. The Morgan fingerprint density at radius 3 is 2.04 bits per heavy atom. The second-order valence-electron chi connectivity index (χ2n) is 6.53. The Kier molecular flexibility index (Phi) is 6.07. The summed E-state index contributed by atoms with van der Waals surface area (Å²) >= 11 is 0. The second kappa shape index (κ2) is 8.06. The molecule has 0 aliphatic carbocycles. The minimum Gasteiger partial charge on any atom is -0.497 e. The van der Waals surface area contributed by atoms with Crippen LogP contribution in [0.15, 0.2) is 48.5 Å². The molecular weight excluding hydrogens is 312 g/mol. The van der Waals surface area contributed by atoms with Crippen molar-refractivity contribution in [3.63, 3.8) is 0 Å². The lowest BCUT2D eigenvalue weighted by atomic mass is 9.83. The fraction of sp³-hybridized carbons (Fsp3) is 0.381. The van der Waals surface area contributed by atoms with Crippen LogP contribution in [-0.4, -0.2) is 26.1 Å². The van der Waals surface area contributed by atoms with E-state index >= 15 is 0 Å². The molecule has 0 saturated heterocycles. The molecule has 1 N–H and O–H groups in total. The van der Waals surface area contributed by atoms with Crippen molar-refractivity contribution in [2.45, 2.75) is 33.1 Å². The van der Waals surface area contributed by atoms with Crippen LogP contribution in [0.2, 0.25) is 0 Å². The number of nitrogens with zero attached hydrogens (tertiary/aromatic N) is 1. The summed E-state index contributed by atoms with van der Waals surface area (Å²) in [5.41, 5.74) is 2.29. The number of benzene rings is 2. The highest BCUT2D eigenvalue weighted by atomic mass is 16.5. The van der Waals surface area contributed by atoms with Crippen molar-refractivity contribution < 1.29 is 9.53 Å². The molecule has 0 radical (unpaired) electrons. The van der Waals surface area contributed by atoms with E-state index in [9.17, 15) is 4.79 Å². The van der Waals surface area contributed by atoms with Gasteiger partial charge in [0.2, 0.25) is 5.91 Å². The molecule has 0 spiro atoms. The molecule has 2 rings (SSSR count). The van der Waals surface area contributed by atoms with Gasteiger partial charge in [0.15, 0.2) is 0 Å². The minimum absolute atomic E-state index is 0.0340. The molecule has 4 nitrogen and oxygen atoms in total. The van der Waals surface area contributed by atoms with Crippen LogP contribution in [0.25, 0.3) is 0 Å². The fourth-order valence-electron chi connectivity index (χ4n) is 2.77. The van der Waals surface area contributed by atoms with Crippen molar-refractivity contribution in [3.8, 4) is 5.75 Å². The van der Waals surface area contributed by atoms with E-state index in [0.29, 0.717) is 0 Å². The lowest BCUT2D eigenvalue weighted by Crippen LogP contribution is -2.34. The predicted molar refractivity (Wildman–Crippen MR) is 105 cm³/mol. The highest BCUT2D eigenvalue weighted by molar-refractivity contribution is 5.98. The van der Waals surface area contributed by atoms with Crippen LogP contribution in [-0.2, 0) is 10.2 Å². The fourth-order valence-corrected chi connectivity index (χ4v) is 2.77. The quantitative estimate of drug-likeness (QED) is 0.809. The molecule has 1 amide bonds. The van der Waals surface area contributed by atoms with Crippen LogP contribution >= 0.6 is 0 Å². The van der Waals surface area contributed by atoms with Gasteiger partial charge in [-0.15, -0.1) is 0 Å². The smallest absolute Gasteiger partial charge is 0.234 e. The van der Waals surface area contributed by atoms with Crippen molar-refractivity contribution in [2.24, 2.45) is 0 Å². The highest BCUT2D eigenvalue weighted by Crippen LogP contribution is 2.27. The first-order valence-corrected chi connectivity index (χ1v) is 8.73. The highest BCUT2D eigenvalue weighted by Gasteiger charge is 2.29. The second-order valence-corrected chi connectivity index (χ2v) is 6.53. The Labute approximate surface area is 150 Å². The number of nitrogens with one attached hydrogen (secondary N) is 1. The number of methoxy groups -OCH3 is 1. The van der Waals surface area contributed by atoms with Crippen LogP contribution in [0.5, 0.6) is 5.75 Å². The maximum atomic E-state index is 12.8. The Balaban J connectivity index is 2.11. The van der Waals surface area contributed by atoms with Gasteiger partial charge in [0.25, 0.3) is 0 Å². The molecule has 0 aliphatic heterocycles. The van der Waals surface area contributed by atoms with Gasteiger partial charge in [0.1, 0.15) is 5.75 Å². The molecule has 0 atom stereocenters. The van der Waals surface area contributed by atoms with Gasteiger partial charge in [-0.05, 0) is 69.7 Å². The zero-order chi connectivity index (χ0) is 18.4. The van der Waals surface area contributed by atoms with Gasteiger partial charge in [0, 0.05) is 24.5 Å². The summed E-state index contributed by atoms with van der Waals surface area (Å²) in [6.07, 6.45) is 0. The van der Waals surface area contributed by atoms with Crippen LogP contribution in [0.3, 0.4) is 0 Å². The van der Waals surface area contributed by atoms with Crippen molar-refractivity contribution in [1.29, 1.82) is 0 Å². The average molecular weight is 340 g/mol. The summed E-state index contributed by atoms with van der Waals surface area (Å²) in [6, 6.07) is 15.6. The summed E-state index contributed by atoms with van der Waals surface area (Å²) in [6.45, 7) is 10.1. The standard InChI is InChI=1S/C21H28N2O2/c1-6-23(7-2)18-12-10-17(11-13-18)22-20(24)21(3,4)16-8-14-19(25-5)15-9-16/h8-15H,6-7H2,1-5H3,(H,22,24). The largest absolute Gasteiger partial charge is 0.497 e. The van der Waals surface area contributed by atoms with Crippen molar-refractivity contribution in [3.05, 3.63) is 54.1 Å². The molecule has 4 heteroatoms. The van der Waals surface area contributed by atoms with Gasteiger partial charge >= 0.3 is 0 Å². The van der Waals surface area contributed by atoms with E-state index in [1.807, 2.05) is 62.4 Å². The Bertz CT molecular complexity index is 687. The Hall–Kier alpha value is -2.49. The summed E-state index contributed by atoms with van der Waals surface area (Å²) < 4.78 is 5.18. The molecule has 25 heavy (non-hydrogen) atoms. The van der Waals surface area contributed by atoms with Gasteiger partial charge in [-0.1, -0.05) is 12.1 Å². The van der Waals surface area contributed by atoms with Crippen LogP contribution in [0.1, 0.15) is 33.3 Å². The number of rotatable bonds is 7. The van der Waals surface area contributed by atoms with Gasteiger partial charge in [-0.2, -0.15) is 0 Å². The molecule has 134 valence electrons. The molecule has 0 saturated carbocycles. The third-order valence-electron chi connectivity index (χ3n) is 4.63. The number of anilines is 2. The SMILES string of the molecule is CCN(CC)c1ccc(NC(=O)C(C)(C)c2ccc(OC)cc2)cc1. The molecule has 0 unspecified atom stereocenters. The third kappa shape index (κ3) is 4.32. The van der Waals surface area contributed by atoms with Crippen LogP contribution in [0.4, 0.5) is 11.4 Å². The molecule has 0 bridgehead atoms. The molecule has 0 fully saturated rings. The van der Waals surface area contributed by atoms with Crippen molar-refractivity contribution in [2.75, 3.05) is 30.4 Å². The molecule has 0 heterocycles. The topological polar surface area (TPSA) is 41.6 Å². The first kappa shape index (κ1) is 18.8. The molecular formula is C21H28N2O2. The molecule has 0 aliphatic rings. The zero-order valence-electron chi connectivity index (χ0n) is 15.8. The van der Waals surface area contributed by atoms with Crippen LogP contribution in [0, 0.1) is 0 Å². The van der Waals surface area contributed by atoms with Gasteiger partial charge in [0.05, 0.1) is 12.5 Å². The number of ether oxygens (including phenoxy) is 1. The van der Waals surface area contributed by atoms with E-state index < -0.39 is 5.41 Å². The van der Waals surface area contributed by atoms with Gasteiger partial charge in [-0.25, -0.2) is 0 Å². The normalized spacial score (nSPS) is 11.1. The van der Waals surface area contributed by atoms with Crippen LogP contribution < -0.4 is 15.0 Å². The maximum absolute atomic E-state index is 12.8. The average Bonchev–Trinajstić information content (AvgIpc) is 2.64. The Morgan fingerprint density at radius 2 is 1.56 bits per heavy atom. The first-order chi connectivity index (χ1) is 11.9. The Morgan fingerprint density at radius 1 is 1.00 bits per heavy atom. The van der Waals surface area contributed by atoms with Crippen molar-refractivity contribution >= 4 is 17.3 Å². The maximum Gasteiger partial charge on any atom is 0.234 e. The number of amides is 1. The summed E-state index contributed by atoms with van der Waals surface area (Å²) in [5, 5.41) is 3.02. The van der Waals surface area contributed by atoms with E-state index in [1.165, 1.54) is 0 Å². The van der Waals surface area contributed by atoms with E-state index in [2.05, 4.69) is 24.1 Å². The molecule has 2 aromatic rings. The lowest BCUT2D eigenvalue weighted by Gasteiger charge is -2.25.